The summed E-state index contributed by atoms with van der Waals surface area (Å²) in [5.41, 5.74) is 2.20. The fourth-order valence-electron chi connectivity index (χ4n) is 3.28. The minimum absolute atomic E-state index is 0.0599. The Hall–Kier alpha value is -0.300. The summed E-state index contributed by atoms with van der Waals surface area (Å²) >= 11 is 0. The van der Waals surface area contributed by atoms with E-state index in [1.54, 1.807) is 5.57 Å². The molecule has 0 aliphatic heterocycles. The van der Waals surface area contributed by atoms with Gasteiger partial charge in [0, 0.05) is 6.61 Å². The van der Waals surface area contributed by atoms with Crippen molar-refractivity contribution in [1.29, 1.82) is 0 Å². The van der Waals surface area contributed by atoms with Gasteiger partial charge in [-0.2, -0.15) is 0 Å². The summed E-state index contributed by atoms with van der Waals surface area (Å²) < 4.78 is 0. The summed E-state index contributed by atoms with van der Waals surface area (Å²) in [4.78, 5) is 0. The summed E-state index contributed by atoms with van der Waals surface area (Å²) in [5, 5.41) is 9.33. The van der Waals surface area contributed by atoms with Gasteiger partial charge in [-0.1, -0.05) is 39.3 Å². The Morgan fingerprint density at radius 2 is 2.13 bits per heavy atom. The van der Waals surface area contributed by atoms with Crippen LogP contribution >= 0.6 is 0 Å². The van der Waals surface area contributed by atoms with E-state index in [2.05, 4.69) is 33.8 Å². The van der Waals surface area contributed by atoms with Gasteiger partial charge >= 0.3 is 0 Å². The minimum atomic E-state index is 0.0599. The van der Waals surface area contributed by atoms with Crippen LogP contribution in [0.25, 0.3) is 0 Å². The van der Waals surface area contributed by atoms with Crippen LogP contribution in [0.3, 0.4) is 0 Å². The molecule has 3 aliphatic rings. The van der Waals surface area contributed by atoms with Gasteiger partial charge in [-0.05, 0) is 41.9 Å². The average Bonchev–Trinajstić information content (AvgIpc) is 2.17. The highest BCUT2D eigenvalue weighted by Crippen LogP contribution is 2.60. The molecule has 15 heavy (non-hydrogen) atoms. The SMILES string of the molecule is CC(C)(CO)CC1=CCC2CC1C2(C)C. The van der Waals surface area contributed by atoms with E-state index in [-0.39, 0.29) is 5.41 Å². The predicted molar refractivity (Wildman–Crippen MR) is 63.6 cm³/mol. The molecule has 0 heterocycles. The molecule has 2 unspecified atom stereocenters. The molecule has 3 rings (SSSR count). The van der Waals surface area contributed by atoms with Gasteiger partial charge in [0.1, 0.15) is 0 Å². The molecule has 3 aliphatic carbocycles. The predicted octanol–water partition coefficient (Wildman–Crippen LogP) is 3.39. The van der Waals surface area contributed by atoms with E-state index in [9.17, 15) is 5.11 Å². The average molecular weight is 208 g/mol. The molecule has 0 aromatic rings. The summed E-state index contributed by atoms with van der Waals surface area (Å²) in [6, 6.07) is 0. The fourth-order valence-corrected chi connectivity index (χ4v) is 3.28. The zero-order valence-electron chi connectivity index (χ0n) is 10.5. The minimum Gasteiger partial charge on any atom is -0.396 e. The van der Waals surface area contributed by atoms with Crippen LogP contribution in [0.1, 0.15) is 47.0 Å². The van der Waals surface area contributed by atoms with Crippen molar-refractivity contribution in [3.63, 3.8) is 0 Å². The number of aliphatic hydroxyl groups is 1. The third kappa shape index (κ3) is 1.75. The Morgan fingerprint density at radius 3 is 2.60 bits per heavy atom. The van der Waals surface area contributed by atoms with E-state index < -0.39 is 0 Å². The van der Waals surface area contributed by atoms with Crippen LogP contribution in [-0.2, 0) is 0 Å². The van der Waals surface area contributed by atoms with Gasteiger partial charge in [0.25, 0.3) is 0 Å². The van der Waals surface area contributed by atoms with Crippen molar-refractivity contribution in [2.45, 2.75) is 47.0 Å². The second-order valence-corrected chi connectivity index (χ2v) is 6.82. The number of hydrogen-bond donors (Lipinski definition) is 1. The lowest BCUT2D eigenvalue weighted by molar-refractivity contribution is -0.0130. The van der Waals surface area contributed by atoms with Gasteiger partial charge in [-0.3, -0.25) is 0 Å². The topological polar surface area (TPSA) is 20.2 Å². The Labute approximate surface area is 93.6 Å². The molecule has 0 amide bonds. The van der Waals surface area contributed by atoms with Crippen molar-refractivity contribution in [3.05, 3.63) is 11.6 Å². The lowest BCUT2D eigenvalue weighted by Gasteiger charge is -2.57. The molecule has 1 N–H and O–H groups in total. The smallest absolute Gasteiger partial charge is 0.0485 e. The maximum Gasteiger partial charge on any atom is 0.0485 e. The van der Waals surface area contributed by atoms with Crippen molar-refractivity contribution >= 4 is 0 Å². The largest absolute Gasteiger partial charge is 0.396 e. The van der Waals surface area contributed by atoms with E-state index in [4.69, 9.17) is 0 Å². The Morgan fingerprint density at radius 1 is 1.47 bits per heavy atom. The summed E-state index contributed by atoms with van der Waals surface area (Å²) in [6.07, 6.45) is 6.17. The zero-order valence-corrected chi connectivity index (χ0v) is 10.5. The highest BCUT2D eigenvalue weighted by atomic mass is 16.3. The van der Waals surface area contributed by atoms with Crippen molar-refractivity contribution in [3.8, 4) is 0 Å². The molecule has 1 saturated carbocycles. The molecular weight excluding hydrogens is 184 g/mol. The normalized spacial score (nSPS) is 33.3. The molecule has 0 radical (unpaired) electrons. The van der Waals surface area contributed by atoms with Crippen molar-refractivity contribution < 1.29 is 5.11 Å². The highest BCUT2D eigenvalue weighted by Gasteiger charge is 2.51. The molecule has 0 spiro atoms. The number of hydrogen-bond acceptors (Lipinski definition) is 1. The molecule has 86 valence electrons. The Kier molecular flexibility index (Phi) is 2.50. The first kappa shape index (κ1) is 11.2. The first-order valence-electron chi connectivity index (χ1n) is 6.16. The molecular formula is C14H24O. The van der Waals surface area contributed by atoms with Crippen LogP contribution in [0, 0.1) is 22.7 Å². The summed E-state index contributed by atoms with van der Waals surface area (Å²) in [7, 11) is 0. The molecule has 0 aromatic heterocycles. The molecule has 1 nitrogen and oxygen atoms in total. The molecule has 1 fully saturated rings. The maximum atomic E-state index is 9.33. The van der Waals surface area contributed by atoms with Gasteiger partial charge in [-0.15, -0.1) is 0 Å². The molecule has 0 saturated heterocycles. The maximum absolute atomic E-state index is 9.33. The van der Waals surface area contributed by atoms with Gasteiger partial charge < -0.3 is 5.11 Å². The van der Waals surface area contributed by atoms with Crippen molar-refractivity contribution in [1.82, 2.24) is 0 Å². The van der Waals surface area contributed by atoms with Crippen LogP contribution in [0.2, 0.25) is 0 Å². The molecule has 2 atom stereocenters. The zero-order chi connectivity index (χ0) is 11.3. The summed E-state index contributed by atoms with van der Waals surface area (Å²) in [5.74, 6) is 1.71. The van der Waals surface area contributed by atoms with Crippen LogP contribution in [0.4, 0.5) is 0 Å². The van der Waals surface area contributed by atoms with E-state index in [1.807, 2.05) is 0 Å². The van der Waals surface area contributed by atoms with Gasteiger partial charge in [0.05, 0.1) is 0 Å². The van der Waals surface area contributed by atoms with Gasteiger partial charge in [-0.25, -0.2) is 0 Å². The Bertz CT molecular complexity index is 286. The first-order chi connectivity index (χ1) is 6.87. The van der Waals surface area contributed by atoms with Crippen LogP contribution in [0.5, 0.6) is 0 Å². The van der Waals surface area contributed by atoms with Crippen molar-refractivity contribution in [2.75, 3.05) is 6.61 Å². The third-order valence-corrected chi connectivity index (χ3v) is 4.69. The number of rotatable bonds is 3. The monoisotopic (exact) mass is 208 g/mol. The van der Waals surface area contributed by atoms with Gasteiger partial charge in [0.2, 0.25) is 0 Å². The van der Waals surface area contributed by atoms with E-state index >= 15 is 0 Å². The Balaban J connectivity index is 2.09. The first-order valence-corrected chi connectivity index (χ1v) is 6.16. The standard InChI is InChI=1S/C14H24O/c1-13(2,9-15)8-10-5-6-11-7-12(10)14(11,3)4/h5,11-12,15H,6-9H2,1-4H3. The van der Waals surface area contributed by atoms with E-state index in [0.29, 0.717) is 12.0 Å². The van der Waals surface area contributed by atoms with Crippen molar-refractivity contribution in [2.24, 2.45) is 22.7 Å². The van der Waals surface area contributed by atoms with Gasteiger partial charge in [0.15, 0.2) is 0 Å². The third-order valence-electron chi connectivity index (χ3n) is 4.69. The lowest BCUT2D eigenvalue weighted by atomic mass is 9.48. The number of aliphatic hydroxyl groups excluding tert-OH is 1. The highest BCUT2D eigenvalue weighted by molar-refractivity contribution is 5.24. The van der Waals surface area contributed by atoms with Crippen LogP contribution in [0.15, 0.2) is 11.6 Å². The lowest BCUT2D eigenvalue weighted by Crippen LogP contribution is -2.48. The summed E-state index contributed by atoms with van der Waals surface area (Å²) in [6.45, 7) is 9.42. The molecule has 2 bridgehead atoms. The van der Waals surface area contributed by atoms with Crippen LogP contribution in [-0.4, -0.2) is 11.7 Å². The van der Waals surface area contributed by atoms with Crippen LogP contribution < -0.4 is 0 Å². The quantitative estimate of drug-likeness (QED) is 0.705. The molecule has 0 aromatic carbocycles. The van der Waals surface area contributed by atoms with E-state index in [1.165, 1.54) is 12.8 Å². The molecule has 1 heteroatoms. The fraction of sp³-hybridized carbons (Fsp3) is 0.857. The van der Waals surface area contributed by atoms with E-state index in [0.717, 1.165) is 18.3 Å². The second-order valence-electron chi connectivity index (χ2n) is 6.82. The second kappa shape index (κ2) is 3.35. The number of allylic oxidation sites excluding steroid dienone is 2. The number of fused-ring (bicyclic) bond motifs is 1.